The van der Waals surface area contributed by atoms with Gasteiger partial charge in [0.05, 0.1) is 5.39 Å². The highest BCUT2D eigenvalue weighted by atomic mass is 32.2. The van der Waals surface area contributed by atoms with Gasteiger partial charge in [-0.25, -0.2) is 18.7 Å². The average molecular weight is 363 g/mol. The topological polar surface area (TPSA) is 37.8 Å². The molecule has 4 rings (SSSR count). The van der Waals surface area contributed by atoms with Gasteiger partial charge in [0.2, 0.25) is 0 Å². The number of anilines is 2. The molecule has 0 atom stereocenters. The first kappa shape index (κ1) is 15.8. The molecule has 124 valence electrons. The molecule has 1 aliphatic carbocycles. The Bertz CT molecular complexity index is 904. The van der Waals surface area contributed by atoms with E-state index in [0.717, 1.165) is 29.5 Å². The standard InChI is InChI=1S/C17H15F2N3S2/c1-23-17-21-15(20-14-10(18)6-4-7-11(14)19)13-9-5-2-3-8-12(9)24-16(13)22-17/h4,6-7H,2-3,5,8H2,1H3,(H,20,21,22). The number of aromatic nitrogens is 2. The molecule has 0 saturated carbocycles. The van der Waals surface area contributed by atoms with Crippen molar-refractivity contribution in [3.63, 3.8) is 0 Å². The van der Waals surface area contributed by atoms with Crippen molar-refractivity contribution in [1.29, 1.82) is 0 Å². The van der Waals surface area contributed by atoms with E-state index >= 15 is 0 Å². The van der Waals surface area contributed by atoms with Crippen molar-refractivity contribution < 1.29 is 8.78 Å². The van der Waals surface area contributed by atoms with Crippen molar-refractivity contribution >= 4 is 44.8 Å². The Morgan fingerprint density at radius 3 is 2.62 bits per heavy atom. The third-order valence-corrected chi connectivity index (χ3v) is 5.92. The highest BCUT2D eigenvalue weighted by molar-refractivity contribution is 7.98. The number of nitrogens with one attached hydrogen (secondary N) is 1. The van der Waals surface area contributed by atoms with Crippen LogP contribution in [0.2, 0.25) is 0 Å². The molecule has 0 bridgehead atoms. The molecule has 0 unspecified atom stereocenters. The molecule has 2 aromatic heterocycles. The van der Waals surface area contributed by atoms with Gasteiger partial charge >= 0.3 is 0 Å². The maximum absolute atomic E-state index is 14.0. The van der Waals surface area contributed by atoms with E-state index in [1.165, 1.54) is 46.8 Å². The first-order valence-electron chi connectivity index (χ1n) is 7.74. The summed E-state index contributed by atoms with van der Waals surface area (Å²) in [6.07, 6.45) is 6.19. The lowest BCUT2D eigenvalue weighted by Crippen LogP contribution is -2.04. The summed E-state index contributed by atoms with van der Waals surface area (Å²) >= 11 is 3.09. The number of fused-ring (bicyclic) bond motifs is 3. The highest BCUT2D eigenvalue weighted by Crippen LogP contribution is 2.40. The van der Waals surface area contributed by atoms with Crippen LogP contribution in [0.3, 0.4) is 0 Å². The number of aryl methyl sites for hydroxylation is 2. The summed E-state index contributed by atoms with van der Waals surface area (Å²) in [7, 11) is 0. The fourth-order valence-electron chi connectivity index (χ4n) is 3.06. The van der Waals surface area contributed by atoms with E-state index in [4.69, 9.17) is 0 Å². The Morgan fingerprint density at radius 2 is 1.88 bits per heavy atom. The van der Waals surface area contributed by atoms with Crippen molar-refractivity contribution in [2.45, 2.75) is 30.8 Å². The second-order valence-electron chi connectivity index (χ2n) is 5.67. The van der Waals surface area contributed by atoms with Gasteiger partial charge in [-0.15, -0.1) is 11.3 Å². The normalized spacial score (nSPS) is 14.0. The van der Waals surface area contributed by atoms with Crippen LogP contribution in [-0.2, 0) is 12.8 Å². The lowest BCUT2D eigenvalue weighted by Gasteiger charge is -2.13. The Kier molecular flexibility index (Phi) is 4.14. The van der Waals surface area contributed by atoms with Crippen LogP contribution in [0, 0.1) is 11.6 Å². The molecule has 3 nitrogen and oxygen atoms in total. The van der Waals surface area contributed by atoms with Gasteiger partial charge in [-0.1, -0.05) is 17.8 Å². The highest BCUT2D eigenvalue weighted by Gasteiger charge is 2.22. The van der Waals surface area contributed by atoms with E-state index in [-0.39, 0.29) is 5.69 Å². The third kappa shape index (κ3) is 2.65. The maximum atomic E-state index is 14.0. The molecule has 1 aromatic carbocycles. The summed E-state index contributed by atoms with van der Waals surface area (Å²) in [5.74, 6) is -0.763. The molecule has 24 heavy (non-hydrogen) atoms. The molecule has 2 heterocycles. The number of thioether (sulfide) groups is 1. The number of hydrogen-bond donors (Lipinski definition) is 1. The average Bonchev–Trinajstić information content (AvgIpc) is 2.96. The Hall–Kier alpha value is -1.73. The van der Waals surface area contributed by atoms with Crippen molar-refractivity contribution in [3.05, 3.63) is 40.3 Å². The molecule has 0 radical (unpaired) electrons. The number of nitrogens with zero attached hydrogens (tertiary/aromatic N) is 2. The Labute approximate surface area is 146 Å². The van der Waals surface area contributed by atoms with Gasteiger partial charge in [0, 0.05) is 4.88 Å². The van der Waals surface area contributed by atoms with Gasteiger partial charge in [0.25, 0.3) is 0 Å². The van der Waals surface area contributed by atoms with Crippen molar-refractivity contribution in [1.82, 2.24) is 9.97 Å². The second-order valence-corrected chi connectivity index (χ2v) is 7.53. The summed E-state index contributed by atoms with van der Waals surface area (Å²) in [5.41, 5.74) is 1.06. The van der Waals surface area contributed by atoms with Gasteiger partial charge in [-0.3, -0.25) is 0 Å². The van der Waals surface area contributed by atoms with Gasteiger partial charge < -0.3 is 5.32 Å². The van der Waals surface area contributed by atoms with Gasteiger partial charge in [0.15, 0.2) is 5.16 Å². The van der Waals surface area contributed by atoms with Crippen LogP contribution in [0.4, 0.5) is 20.3 Å². The molecule has 0 aliphatic heterocycles. The fraction of sp³-hybridized carbons (Fsp3) is 0.294. The molecule has 7 heteroatoms. The number of benzene rings is 1. The summed E-state index contributed by atoms with van der Waals surface area (Å²) in [4.78, 5) is 11.3. The zero-order chi connectivity index (χ0) is 16.7. The molecular formula is C17H15F2N3S2. The monoisotopic (exact) mass is 363 g/mol. The van der Waals surface area contributed by atoms with Crippen LogP contribution >= 0.6 is 23.1 Å². The van der Waals surface area contributed by atoms with Crippen LogP contribution in [0.5, 0.6) is 0 Å². The summed E-state index contributed by atoms with van der Waals surface area (Å²) in [6, 6.07) is 3.83. The Morgan fingerprint density at radius 1 is 1.12 bits per heavy atom. The minimum absolute atomic E-state index is 0.166. The van der Waals surface area contributed by atoms with Crippen LogP contribution in [0.1, 0.15) is 23.3 Å². The smallest absolute Gasteiger partial charge is 0.190 e. The van der Waals surface area contributed by atoms with E-state index in [1.807, 2.05) is 6.26 Å². The molecule has 0 fully saturated rings. The van der Waals surface area contributed by atoms with Crippen molar-refractivity contribution in [3.8, 4) is 0 Å². The van der Waals surface area contributed by atoms with Gasteiger partial charge in [0.1, 0.15) is 28.0 Å². The largest absolute Gasteiger partial charge is 0.335 e. The van der Waals surface area contributed by atoms with E-state index in [1.54, 1.807) is 11.3 Å². The summed E-state index contributed by atoms with van der Waals surface area (Å²) in [5, 5.41) is 4.40. The second kappa shape index (κ2) is 6.29. The fourth-order valence-corrected chi connectivity index (χ4v) is 4.74. The van der Waals surface area contributed by atoms with Crippen LogP contribution < -0.4 is 5.32 Å². The molecule has 1 aliphatic rings. The third-order valence-electron chi connectivity index (χ3n) is 4.18. The maximum Gasteiger partial charge on any atom is 0.190 e. The number of halogens is 2. The zero-order valence-electron chi connectivity index (χ0n) is 13.0. The first-order valence-corrected chi connectivity index (χ1v) is 9.79. The van der Waals surface area contributed by atoms with E-state index < -0.39 is 11.6 Å². The van der Waals surface area contributed by atoms with Crippen molar-refractivity contribution in [2.24, 2.45) is 0 Å². The van der Waals surface area contributed by atoms with E-state index in [9.17, 15) is 8.78 Å². The summed E-state index contributed by atoms with van der Waals surface area (Å²) in [6.45, 7) is 0. The molecule has 1 N–H and O–H groups in total. The molecular weight excluding hydrogens is 348 g/mol. The minimum Gasteiger partial charge on any atom is -0.335 e. The molecule has 0 spiro atoms. The predicted molar refractivity (Wildman–Crippen MR) is 95.5 cm³/mol. The van der Waals surface area contributed by atoms with Gasteiger partial charge in [-0.2, -0.15) is 0 Å². The van der Waals surface area contributed by atoms with Crippen LogP contribution in [0.15, 0.2) is 23.4 Å². The predicted octanol–water partition coefficient (Wildman–Crippen LogP) is 5.31. The molecule has 0 saturated heterocycles. The Balaban J connectivity index is 1.91. The lowest BCUT2D eigenvalue weighted by molar-refractivity contribution is 0.590. The molecule has 0 amide bonds. The molecule has 3 aromatic rings. The lowest BCUT2D eigenvalue weighted by atomic mass is 9.97. The number of para-hydroxylation sites is 1. The summed E-state index contributed by atoms with van der Waals surface area (Å²) < 4.78 is 28.1. The number of rotatable bonds is 3. The van der Waals surface area contributed by atoms with E-state index in [0.29, 0.717) is 11.0 Å². The zero-order valence-corrected chi connectivity index (χ0v) is 14.7. The van der Waals surface area contributed by atoms with Crippen LogP contribution in [-0.4, -0.2) is 16.2 Å². The van der Waals surface area contributed by atoms with Crippen molar-refractivity contribution in [2.75, 3.05) is 11.6 Å². The van der Waals surface area contributed by atoms with Crippen LogP contribution in [0.25, 0.3) is 10.2 Å². The SMILES string of the molecule is CSc1nc(Nc2c(F)cccc2F)c2c3c(sc2n1)CCCC3. The number of hydrogen-bond acceptors (Lipinski definition) is 5. The quantitative estimate of drug-likeness (QED) is 0.505. The first-order chi connectivity index (χ1) is 11.7. The van der Waals surface area contributed by atoms with E-state index in [2.05, 4.69) is 15.3 Å². The minimum atomic E-state index is -0.628. The van der Waals surface area contributed by atoms with Gasteiger partial charge in [-0.05, 0) is 49.6 Å². The number of thiophene rings is 1.